The summed E-state index contributed by atoms with van der Waals surface area (Å²) in [5.74, 6) is 0.651. The summed E-state index contributed by atoms with van der Waals surface area (Å²) >= 11 is 0. The van der Waals surface area contributed by atoms with E-state index >= 15 is 0 Å². The lowest BCUT2D eigenvalue weighted by molar-refractivity contribution is 0.685. The molecule has 1 unspecified atom stereocenters. The van der Waals surface area contributed by atoms with Crippen LogP contribution in [0.4, 0.5) is 11.4 Å². The molecular weight excluding hydrogens is 264 g/mol. The molecule has 0 spiro atoms. The van der Waals surface area contributed by atoms with E-state index in [9.17, 15) is 9.00 Å². The van der Waals surface area contributed by atoms with Gasteiger partial charge in [-0.1, -0.05) is 0 Å². The Morgan fingerprint density at radius 3 is 3.00 bits per heavy atom. The lowest BCUT2D eigenvalue weighted by atomic mass is 10.2. The molecule has 19 heavy (non-hydrogen) atoms. The molecule has 2 rings (SSSR count). The van der Waals surface area contributed by atoms with E-state index in [-0.39, 0.29) is 5.56 Å². The molecule has 1 heterocycles. The Labute approximate surface area is 112 Å². The number of rotatable bonds is 5. The molecule has 1 aromatic heterocycles. The van der Waals surface area contributed by atoms with Crippen molar-refractivity contribution in [1.29, 1.82) is 0 Å². The second-order valence-corrected chi connectivity index (χ2v) is 5.80. The van der Waals surface area contributed by atoms with E-state index in [1.54, 1.807) is 18.4 Å². The number of aromatic amines is 1. The van der Waals surface area contributed by atoms with Crippen molar-refractivity contribution < 1.29 is 4.21 Å². The molecule has 0 amide bonds. The Morgan fingerprint density at radius 1 is 1.47 bits per heavy atom. The quantitative estimate of drug-likeness (QED) is 0.552. The third-order valence-corrected chi connectivity index (χ3v) is 3.60. The molecule has 0 aliphatic carbocycles. The summed E-state index contributed by atoms with van der Waals surface area (Å²) in [4.78, 5) is 18.2. The first-order chi connectivity index (χ1) is 9.08. The monoisotopic (exact) mass is 280 g/mol. The van der Waals surface area contributed by atoms with Crippen LogP contribution >= 0.6 is 0 Å². The van der Waals surface area contributed by atoms with Gasteiger partial charge >= 0.3 is 0 Å². The molecule has 0 aliphatic heterocycles. The largest absolute Gasteiger partial charge is 0.397 e. The smallest absolute Gasteiger partial charge is 0.258 e. The number of nitrogen functional groups attached to an aromatic ring is 1. The number of hydrogen-bond acceptors (Lipinski definition) is 5. The maximum atomic E-state index is 11.6. The van der Waals surface area contributed by atoms with Crippen molar-refractivity contribution >= 4 is 33.1 Å². The molecule has 7 heteroatoms. The molecular formula is C12H16N4O2S. The van der Waals surface area contributed by atoms with Crippen molar-refractivity contribution in [3.8, 4) is 0 Å². The summed E-state index contributed by atoms with van der Waals surface area (Å²) in [5, 5.41) is 3.64. The van der Waals surface area contributed by atoms with Crippen molar-refractivity contribution in [3.63, 3.8) is 0 Å². The van der Waals surface area contributed by atoms with Crippen molar-refractivity contribution in [3.05, 3.63) is 28.8 Å². The lowest BCUT2D eigenvalue weighted by Crippen LogP contribution is -2.10. The van der Waals surface area contributed by atoms with Crippen LogP contribution in [-0.2, 0) is 10.8 Å². The van der Waals surface area contributed by atoms with Gasteiger partial charge in [-0.15, -0.1) is 0 Å². The number of aromatic nitrogens is 2. The molecule has 0 saturated heterocycles. The van der Waals surface area contributed by atoms with Gasteiger partial charge in [-0.25, -0.2) is 4.98 Å². The van der Waals surface area contributed by atoms with Crippen molar-refractivity contribution in [2.45, 2.75) is 6.42 Å². The fraction of sp³-hybridized carbons (Fsp3) is 0.333. The molecule has 0 radical (unpaired) electrons. The Balaban J connectivity index is 2.17. The lowest BCUT2D eigenvalue weighted by Gasteiger charge is -2.09. The van der Waals surface area contributed by atoms with E-state index in [4.69, 9.17) is 5.73 Å². The second-order valence-electron chi connectivity index (χ2n) is 4.25. The number of hydrogen-bond donors (Lipinski definition) is 3. The maximum absolute atomic E-state index is 11.6. The zero-order chi connectivity index (χ0) is 13.8. The van der Waals surface area contributed by atoms with E-state index < -0.39 is 10.8 Å². The zero-order valence-electron chi connectivity index (χ0n) is 10.6. The summed E-state index contributed by atoms with van der Waals surface area (Å²) in [6.45, 7) is 0.679. The first-order valence-corrected chi connectivity index (χ1v) is 7.61. The van der Waals surface area contributed by atoms with Crippen LogP contribution in [0, 0.1) is 0 Å². The van der Waals surface area contributed by atoms with Gasteiger partial charge in [0.05, 0.1) is 28.6 Å². The van der Waals surface area contributed by atoms with E-state index in [2.05, 4.69) is 15.3 Å². The van der Waals surface area contributed by atoms with Gasteiger partial charge in [-0.2, -0.15) is 0 Å². The summed E-state index contributed by atoms with van der Waals surface area (Å²) < 4.78 is 10.9. The minimum Gasteiger partial charge on any atom is -0.397 e. The van der Waals surface area contributed by atoms with Gasteiger partial charge in [-0.05, 0) is 18.6 Å². The standard InChI is InChI=1S/C12H16N4O2S/c1-19(18)4-2-3-14-11-6-10-8(5-9(11)13)12(17)16-7-15-10/h5-7,14H,2-4,13H2,1H3,(H,15,16,17). The number of nitrogens with zero attached hydrogens (tertiary/aromatic N) is 1. The zero-order valence-corrected chi connectivity index (χ0v) is 11.4. The molecule has 2 aromatic rings. The van der Waals surface area contributed by atoms with Crippen molar-refractivity contribution in [2.24, 2.45) is 0 Å². The Hall–Kier alpha value is -1.89. The minimum absolute atomic E-state index is 0.204. The second kappa shape index (κ2) is 5.83. The van der Waals surface area contributed by atoms with E-state index in [1.165, 1.54) is 6.33 Å². The summed E-state index contributed by atoms with van der Waals surface area (Å²) in [6, 6.07) is 3.37. The summed E-state index contributed by atoms with van der Waals surface area (Å²) in [5.41, 5.74) is 7.53. The molecule has 0 aliphatic rings. The first kappa shape index (κ1) is 13.5. The molecule has 6 nitrogen and oxygen atoms in total. The minimum atomic E-state index is -0.783. The molecule has 0 saturated carbocycles. The average Bonchev–Trinajstić information content (AvgIpc) is 2.36. The van der Waals surface area contributed by atoms with Gasteiger partial charge in [0.2, 0.25) is 0 Å². The summed E-state index contributed by atoms with van der Waals surface area (Å²) in [6.07, 6.45) is 3.84. The predicted octanol–water partition coefficient (Wildman–Crippen LogP) is 0.686. The van der Waals surface area contributed by atoms with Crippen LogP contribution in [0.2, 0.25) is 0 Å². The van der Waals surface area contributed by atoms with Crippen LogP contribution in [-0.4, -0.2) is 32.7 Å². The van der Waals surface area contributed by atoms with E-state index in [0.29, 0.717) is 28.9 Å². The van der Waals surface area contributed by atoms with Crippen LogP contribution in [0.5, 0.6) is 0 Å². The SMILES string of the molecule is CS(=O)CCCNc1cc2nc[nH]c(=O)c2cc1N. The topological polar surface area (TPSA) is 101 Å². The molecule has 1 aromatic carbocycles. The highest BCUT2D eigenvalue weighted by Crippen LogP contribution is 2.22. The molecule has 1 atom stereocenters. The van der Waals surface area contributed by atoms with Crippen molar-refractivity contribution in [2.75, 3.05) is 29.6 Å². The molecule has 0 fully saturated rings. The van der Waals surface area contributed by atoms with Gasteiger partial charge in [-0.3, -0.25) is 9.00 Å². The predicted molar refractivity (Wildman–Crippen MR) is 78.8 cm³/mol. The fourth-order valence-corrected chi connectivity index (χ4v) is 2.33. The normalized spacial score (nSPS) is 12.5. The Kier molecular flexibility index (Phi) is 4.16. The number of nitrogens with one attached hydrogen (secondary N) is 2. The number of nitrogens with two attached hydrogens (primary N) is 1. The Morgan fingerprint density at radius 2 is 2.26 bits per heavy atom. The number of anilines is 2. The van der Waals surface area contributed by atoms with Crippen LogP contribution in [0.1, 0.15) is 6.42 Å². The van der Waals surface area contributed by atoms with Gasteiger partial charge in [0, 0.05) is 29.4 Å². The van der Waals surface area contributed by atoms with Gasteiger partial charge in [0.25, 0.3) is 5.56 Å². The van der Waals surface area contributed by atoms with Gasteiger partial charge in [0.15, 0.2) is 0 Å². The van der Waals surface area contributed by atoms with Crippen LogP contribution < -0.4 is 16.6 Å². The number of H-pyrrole nitrogens is 1. The number of fused-ring (bicyclic) bond motifs is 1. The van der Waals surface area contributed by atoms with E-state index in [0.717, 1.165) is 12.1 Å². The molecule has 102 valence electrons. The van der Waals surface area contributed by atoms with Crippen LogP contribution in [0.25, 0.3) is 10.9 Å². The van der Waals surface area contributed by atoms with Crippen molar-refractivity contribution in [1.82, 2.24) is 9.97 Å². The maximum Gasteiger partial charge on any atom is 0.258 e. The third kappa shape index (κ3) is 3.31. The highest BCUT2D eigenvalue weighted by Gasteiger charge is 2.05. The van der Waals surface area contributed by atoms with Crippen LogP contribution in [0.3, 0.4) is 0 Å². The highest BCUT2D eigenvalue weighted by molar-refractivity contribution is 7.84. The fourth-order valence-electron chi connectivity index (χ4n) is 1.78. The van der Waals surface area contributed by atoms with Gasteiger partial charge < -0.3 is 16.0 Å². The first-order valence-electron chi connectivity index (χ1n) is 5.89. The van der Waals surface area contributed by atoms with Gasteiger partial charge in [0.1, 0.15) is 0 Å². The highest BCUT2D eigenvalue weighted by atomic mass is 32.2. The molecule has 0 bridgehead atoms. The Bertz CT molecular complexity index is 668. The van der Waals surface area contributed by atoms with E-state index in [1.807, 2.05) is 0 Å². The average molecular weight is 280 g/mol. The number of benzene rings is 1. The molecule has 4 N–H and O–H groups in total. The third-order valence-electron chi connectivity index (χ3n) is 2.74. The summed E-state index contributed by atoms with van der Waals surface area (Å²) in [7, 11) is -0.783. The van der Waals surface area contributed by atoms with Crippen LogP contribution in [0.15, 0.2) is 23.3 Å².